The molecule has 0 atom stereocenters. The number of aryl methyl sites for hydroxylation is 1. The topological polar surface area (TPSA) is 90.9 Å². The Labute approximate surface area is 191 Å². The number of carbonyl (C=O) groups is 1. The zero-order valence-corrected chi connectivity index (χ0v) is 18.7. The molecule has 0 spiro atoms. The van der Waals surface area contributed by atoms with Gasteiger partial charge in [-0.1, -0.05) is 18.5 Å². The fourth-order valence-electron chi connectivity index (χ4n) is 4.85. The molecule has 2 aliphatic heterocycles. The van der Waals surface area contributed by atoms with E-state index in [1.54, 1.807) is 12.3 Å². The minimum Gasteiger partial charge on any atom is -0.370 e. The van der Waals surface area contributed by atoms with E-state index in [4.69, 9.17) is 11.6 Å². The maximum absolute atomic E-state index is 13.2. The lowest BCUT2D eigenvalue weighted by atomic mass is 9.93. The molecule has 2 aromatic heterocycles. The van der Waals surface area contributed by atoms with Crippen LogP contribution in [0, 0.1) is 17.2 Å². The molecule has 9 heteroatoms. The highest BCUT2D eigenvalue weighted by molar-refractivity contribution is 6.31. The average molecular weight is 450 g/mol. The Morgan fingerprint density at radius 1 is 1.22 bits per heavy atom. The van der Waals surface area contributed by atoms with Crippen molar-refractivity contribution in [2.24, 2.45) is 5.92 Å². The number of benzene rings is 1. The Morgan fingerprint density at radius 2 is 2.03 bits per heavy atom. The monoisotopic (exact) mass is 449 g/mol. The Balaban J connectivity index is 1.31. The smallest absolute Gasteiger partial charge is 0.226 e. The molecule has 5 rings (SSSR count). The molecule has 0 saturated carbocycles. The fourth-order valence-corrected chi connectivity index (χ4v) is 5.02. The molecule has 1 amide bonds. The summed E-state index contributed by atoms with van der Waals surface area (Å²) in [5.74, 6) is 2.03. The molecule has 32 heavy (non-hydrogen) atoms. The minimum absolute atomic E-state index is 0.0198. The summed E-state index contributed by atoms with van der Waals surface area (Å²) in [6, 6.07) is 7.81. The van der Waals surface area contributed by atoms with E-state index in [1.165, 1.54) is 0 Å². The summed E-state index contributed by atoms with van der Waals surface area (Å²) in [5.41, 5.74) is 2.21. The SMILES string of the molecule is CCc1nnc2n1CCN(C(=O)C1CCN(c3c(C#N)cnc4ccc(Cl)cc34)CC1)C2. The summed E-state index contributed by atoms with van der Waals surface area (Å²) in [4.78, 5) is 21.8. The molecule has 0 radical (unpaired) electrons. The van der Waals surface area contributed by atoms with E-state index in [2.05, 4.69) is 37.6 Å². The van der Waals surface area contributed by atoms with Gasteiger partial charge in [0.05, 0.1) is 23.3 Å². The third-order valence-corrected chi connectivity index (χ3v) is 6.78. The largest absolute Gasteiger partial charge is 0.370 e. The predicted octanol–water partition coefficient (Wildman–Crippen LogP) is 3.17. The van der Waals surface area contributed by atoms with Crippen LogP contribution in [0.5, 0.6) is 0 Å². The molecule has 0 aliphatic carbocycles. The van der Waals surface area contributed by atoms with Crippen LogP contribution in [0.15, 0.2) is 24.4 Å². The fraction of sp³-hybridized carbons (Fsp3) is 0.435. The van der Waals surface area contributed by atoms with Gasteiger partial charge in [-0.05, 0) is 31.0 Å². The third kappa shape index (κ3) is 3.56. The normalized spacial score (nSPS) is 16.8. The Kier molecular flexibility index (Phi) is 5.43. The summed E-state index contributed by atoms with van der Waals surface area (Å²) in [5, 5.41) is 19.7. The van der Waals surface area contributed by atoms with E-state index < -0.39 is 0 Å². The van der Waals surface area contributed by atoms with E-state index in [-0.39, 0.29) is 11.8 Å². The van der Waals surface area contributed by atoms with Crippen molar-refractivity contribution in [2.75, 3.05) is 24.5 Å². The van der Waals surface area contributed by atoms with Crippen molar-refractivity contribution in [3.8, 4) is 6.07 Å². The standard InChI is InChI=1S/C23H24ClN7O/c1-2-20-27-28-21-14-30(9-10-31(20)21)23(32)15-5-7-29(8-6-15)22-16(12-25)13-26-19-4-3-17(24)11-18(19)22/h3-4,11,13,15H,2,5-10,14H2,1H3. The third-order valence-electron chi connectivity index (χ3n) is 6.54. The van der Waals surface area contributed by atoms with Gasteiger partial charge in [0, 0.05) is 55.1 Å². The van der Waals surface area contributed by atoms with Crippen LogP contribution in [0.3, 0.4) is 0 Å². The van der Waals surface area contributed by atoms with Crippen LogP contribution in [-0.4, -0.2) is 50.2 Å². The molecule has 0 bridgehead atoms. The summed E-state index contributed by atoms with van der Waals surface area (Å²) in [7, 11) is 0. The van der Waals surface area contributed by atoms with Crippen LogP contribution >= 0.6 is 11.6 Å². The molecule has 4 heterocycles. The Morgan fingerprint density at radius 3 is 2.78 bits per heavy atom. The van der Waals surface area contributed by atoms with Gasteiger partial charge in [-0.2, -0.15) is 5.26 Å². The van der Waals surface area contributed by atoms with Crippen molar-refractivity contribution < 1.29 is 4.79 Å². The van der Waals surface area contributed by atoms with E-state index in [9.17, 15) is 10.1 Å². The molecule has 164 valence electrons. The van der Waals surface area contributed by atoms with Gasteiger partial charge in [0.25, 0.3) is 0 Å². The van der Waals surface area contributed by atoms with Crippen molar-refractivity contribution in [1.29, 1.82) is 5.26 Å². The number of amides is 1. The molecule has 1 fully saturated rings. The average Bonchev–Trinajstić information content (AvgIpc) is 3.25. The number of fused-ring (bicyclic) bond motifs is 2. The highest BCUT2D eigenvalue weighted by atomic mass is 35.5. The second-order valence-electron chi connectivity index (χ2n) is 8.35. The first-order valence-electron chi connectivity index (χ1n) is 11.0. The van der Waals surface area contributed by atoms with E-state index >= 15 is 0 Å². The van der Waals surface area contributed by atoms with Crippen LogP contribution < -0.4 is 4.90 Å². The number of aromatic nitrogens is 4. The quantitative estimate of drug-likeness (QED) is 0.610. The van der Waals surface area contributed by atoms with Crippen LogP contribution in [0.1, 0.15) is 37.0 Å². The van der Waals surface area contributed by atoms with Crippen LogP contribution in [0.4, 0.5) is 5.69 Å². The number of halogens is 1. The van der Waals surface area contributed by atoms with Crippen molar-refractivity contribution >= 4 is 34.1 Å². The second-order valence-corrected chi connectivity index (χ2v) is 8.79. The number of hydrogen-bond acceptors (Lipinski definition) is 6. The second kappa shape index (κ2) is 8.40. The highest BCUT2D eigenvalue weighted by Crippen LogP contribution is 2.34. The molecule has 0 unspecified atom stereocenters. The van der Waals surface area contributed by atoms with Gasteiger partial charge in [0.15, 0.2) is 5.82 Å². The lowest BCUT2D eigenvalue weighted by molar-refractivity contribution is -0.137. The van der Waals surface area contributed by atoms with Crippen molar-refractivity contribution in [3.63, 3.8) is 0 Å². The lowest BCUT2D eigenvalue weighted by Gasteiger charge is -2.37. The van der Waals surface area contributed by atoms with Crippen molar-refractivity contribution in [1.82, 2.24) is 24.6 Å². The predicted molar refractivity (Wildman–Crippen MR) is 121 cm³/mol. The number of nitrogens with zero attached hydrogens (tertiary/aromatic N) is 7. The number of hydrogen-bond donors (Lipinski definition) is 0. The highest BCUT2D eigenvalue weighted by Gasteiger charge is 2.32. The first-order chi connectivity index (χ1) is 15.6. The van der Waals surface area contributed by atoms with Crippen LogP contribution in [0.25, 0.3) is 10.9 Å². The maximum Gasteiger partial charge on any atom is 0.226 e. The number of rotatable bonds is 3. The van der Waals surface area contributed by atoms with Gasteiger partial charge >= 0.3 is 0 Å². The van der Waals surface area contributed by atoms with Gasteiger partial charge in [-0.15, -0.1) is 10.2 Å². The molecule has 0 N–H and O–H groups in total. The van der Waals surface area contributed by atoms with Crippen LogP contribution in [-0.2, 0) is 24.3 Å². The molecule has 1 aromatic carbocycles. The first-order valence-corrected chi connectivity index (χ1v) is 11.4. The number of anilines is 1. The van der Waals surface area contributed by atoms with Crippen LogP contribution in [0.2, 0.25) is 5.02 Å². The summed E-state index contributed by atoms with van der Waals surface area (Å²) < 4.78 is 2.13. The van der Waals surface area contributed by atoms with Gasteiger partial charge < -0.3 is 14.4 Å². The van der Waals surface area contributed by atoms with Crippen molar-refractivity contribution in [3.05, 3.63) is 46.6 Å². The maximum atomic E-state index is 13.2. The zero-order chi connectivity index (χ0) is 22.2. The molecule has 1 saturated heterocycles. The Hall–Kier alpha value is -3.18. The number of carbonyl (C=O) groups excluding carboxylic acids is 1. The number of nitriles is 1. The van der Waals surface area contributed by atoms with Gasteiger partial charge in [0.2, 0.25) is 5.91 Å². The Bertz CT molecular complexity index is 1220. The molecule has 2 aliphatic rings. The summed E-state index contributed by atoms with van der Waals surface area (Å²) >= 11 is 6.23. The van der Waals surface area contributed by atoms with Gasteiger partial charge in [-0.3, -0.25) is 9.78 Å². The first kappa shape index (κ1) is 20.7. The van der Waals surface area contributed by atoms with Gasteiger partial charge in [0.1, 0.15) is 11.9 Å². The van der Waals surface area contributed by atoms with Crippen molar-refractivity contribution in [2.45, 2.75) is 39.3 Å². The van der Waals surface area contributed by atoms with Gasteiger partial charge in [-0.25, -0.2) is 0 Å². The molecule has 8 nitrogen and oxygen atoms in total. The number of pyridine rings is 1. The zero-order valence-electron chi connectivity index (χ0n) is 18.0. The number of piperidine rings is 1. The van der Waals surface area contributed by atoms with E-state index in [0.717, 1.165) is 54.0 Å². The van der Waals surface area contributed by atoms with E-state index in [0.29, 0.717) is 36.8 Å². The minimum atomic E-state index is -0.0198. The molecular formula is C23H24ClN7O. The lowest BCUT2D eigenvalue weighted by Crippen LogP contribution is -2.45. The molecule has 3 aromatic rings. The summed E-state index contributed by atoms with van der Waals surface area (Å²) in [6.45, 7) is 5.47. The van der Waals surface area contributed by atoms with E-state index in [1.807, 2.05) is 17.0 Å². The summed E-state index contributed by atoms with van der Waals surface area (Å²) in [6.07, 6.45) is 3.96. The molecular weight excluding hydrogens is 426 g/mol.